The third-order valence-corrected chi connectivity index (χ3v) is 6.90. The van der Waals surface area contributed by atoms with Crippen molar-refractivity contribution < 1.29 is 13.9 Å². The Bertz CT molecular complexity index is 1040. The Kier molecular flexibility index (Phi) is 11.9. The topological polar surface area (TPSA) is 32.8 Å². The molecule has 38 heavy (non-hydrogen) atoms. The number of aryl methyl sites for hydroxylation is 1. The van der Waals surface area contributed by atoms with Crippen LogP contribution in [0.25, 0.3) is 0 Å². The van der Waals surface area contributed by atoms with E-state index >= 15 is 0 Å². The van der Waals surface area contributed by atoms with Gasteiger partial charge in [0.1, 0.15) is 11.4 Å². The van der Waals surface area contributed by atoms with Gasteiger partial charge in [0.25, 0.3) is 0 Å². The normalized spacial score (nSPS) is 19.3. The lowest BCUT2D eigenvalue weighted by Crippen LogP contribution is -2.54. The van der Waals surface area contributed by atoms with Crippen molar-refractivity contribution in [1.29, 1.82) is 0 Å². The summed E-state index contributed by atoms with van der Waals surface area (Å²) in [5, 5.41) is 0. The Balaban J connectivity index is 0.000000423. The van der Waals surface area contributed by atoms with Crippen LogP contribution in [0.3, 0.4) is 0 Å². The third kappa shape index (κ3) is 9.49. The van der Waals surface area contributed by atoms with Gasteiger partial charge in [-0.25, -0.2) is 9.18 Å². The lowest BCUT2D eigenvalue weighted by Gasteiger charge is -2.42. The quantitative estimate of drug-likeness (QED) is 0.335. The Labute approximate surface area is 230 Å². The summed E-state index contributed by atoms with van der Waals surface area (Å²) in [6, 6.07) is 6.87. The molecule has 1 saturated carbocycles. The highest BCUT2D eigenvalue weighted by Gasteiger charge is 2.33. The van der Waals surface area contributed by atoms with Gasteiger partial charge in [-0.15, -0.1) is 0 Å². The first-order valence-electron chi connectivity index (χ1n) is 14.1. The van der Waals surface area contributed by atoms with Crippen molar-refractivity contribution in [1.82, 2.24) is 9.80 Å². The van der Waals surface area contributed by atoms with Gasteiger partial charge in [0.05, 0.1) is 0 Å². The molecule has 2 fully saturated rings. The summed E-state index contributed by atoms with van der Waals surface area (Å²) in [7, 11) is 0. The average Bonchev–Trinajstić information content (AvgIpc) is 3.67. The van der Waals surface area contributed by atoms with E-state index in [1.807, 2.05) is 37.8 Å². The zero-order valence-electron chi connectivity index (χ0n) is 24.9. The van der Waals surface area contributed by atoms with E-state index in [4.69, 9.17) is 4.74 Å². The highest BCUT2D eigenvalue weighted by molar-refractivity contribution is 5.68. The standard InChI is InChI=1S/C24H38N2O2.C9H11F/c1-9-11-17(3)22(21(10-2)20-12-13-20)19(5)25-14-15-26(18(4)16-25)23(27)28-24(6,7)8;1-2-4-8-5-3-6-9(10)7-8/h9-11,18,20H,1,12-16H2,2-8H3;3,5-7H,2,4H2,1H3/b17-11-,21-10-,22-19-;. The molecule has 1 aromatic rings. The van der Waals surface area contributed by atoms with Gasteiger partial charge in [0, 0.05) is 31.4 Å². The summed E-state index contributed by atoms with van der Waals surface area (Å²) in [5.41, 5.74) is 5.98. The van der Waals surface area contributed by atoms with E-state index in [0.717, 1.165) is 31.5 Å². The van der Waals surface area contributed by atoms with E-state index in [0.29, 0.717) is 12.5 Å². The van der Waals surface area contributed by atoms with Crippen molar-refractivity contribution in [3.8, 4) is 0 Å². The number of amides is 1. The molecule has 2 aliphatic rings. The fraction of sp³-hybridized carbons (Fsp3) is 0.545. The van der Waals surface area contributed by atoms with Crippen LogP contribution in [0.15, 0.2) is 71.5 Å². The molecule has 1 unspecified atom stereocenters. The zero-order valence-corrected chi connectivity index (χ0v) is 24.9. The molecule has 3 rings (SSSR count). The summed E-state index contributed by atoms with van der Waals surface area (Å²) in [6.45, 7) is 22.7. The number of nitrogens with zero attached hydrogens (tertiary/aromatic N) is 2. The maximum Gasteiger partial charge on any atom is 0.410 e. The Morgan fingerprint density at radius 2 is 1.89 bits per heavy atom. The molecule has 0 bridgehead atoms. The van der Waals surface area contributed by atoms with Crippen molar-refractivity contribution in [3.63, 3.8) is 0 Å². The number of carbonyl (C=O) groups is 1. The van der Waals surface area contributed by atoms with Crippen LogP contribution in [0.1, 0.15) is 80.2 Å². The number of halogens is 1. The lowest BCUT2D eigenvalue weighted by atomic mass is 9.92. The molecule has 4 nitrogen and oxygen atoms in total. The first-order chi connectivity index (χ1) is 17.9. The molecule has 1 heterocycles. The van der Waals surface area contributed by atoms with E-state index in [9.17, 15) is 9.18 Å². The Morgan fingerprint density at radius 1 is 1.21 bits per heavy atom. The molecule has 210 valence electrons. The van der Waals surface area contributed by atoms with Crippen molar-refractivity contribution in [2.45, 2.75) is 92.7 Å². The van der Waals surface area contributed by atoms with Crippen LogP contribution in [0.5, 0.6) is 0 Å². The van der Waals surface area contributed by atoms with Crippen LogP contribution in [0.2, 0.25) is 0 Å². The SMILES string of the molecule is C=C\C=C(C)/C(C(=C\C)/C1CC1)=C(\C)N1CCN(C(=O)OC(C)(C)C)C(C)C1.CCCc1cccc(F)c1. The van der Waals surface area contributed by atoms with E-state index in [1.54, 1.807) is 12.1 Å². The summed E-state index contributed by atoms with van der Waals surface area (Å²) < 4.78 is 18.1. The highest BCUT2D eigenvalue weighted by atomic mass is 19.1. The van der Waals surface area contributed by atoms with E-state index in [1.165, 1.54) is 41.3 Å². The van der Waals surface area contributed by atoms with Crippen LogP contribution < -0.4 is 0 Å². The minimum Gasteiger partial charge on any atom is -0.444 e. The summed E-state index contributed by atoms with van der Waals surface area (Å²) in [4.78, 5) is 16.8. The molecule has 5 heteroatoms. The number of hydrogen-bond donors (Lipinski definition) is 0. The van der Waals surface area contributed by atoms with Gasteiger partial charge < -0.3 is 14.5 Å². The van der Waals surface area contributed by atoms with Crippen LogP contribution in [0.4, 0.5) is 9.18 Å². The van der Waals surface area contributed by atoms with Crippen LogP contribution in [-0.4, -0.2) is 47.2 Å². The second-order valence-corrected chi connectivity index (χ2v) is 11.4. The maximum absolute atomic E-state index is 12.5. The molecule has 0 radical (unpaired) electrons. The summed E-state index contributed by atoms with van der Waals surface area (Å²) in [6.07, 6.45) is 10.6. The van der Waals surface area contributed by atoms with Crippen molar-refractivity contribution in [3.05, 3.63) is 82.9 Å². The first kappa shape index (κ1) is 31.4. The van der Waals surface area contributed by atoms with Crippen LogP contribution in [0, 0.1) is 11.7 Å². The van der Waals surface area contributed by atoms with Crippen LogP contribution >= 0.6 is 0 Å². The van der Waals surface area contributed by atoms with E-state index in [-0.39, 0.29) is 18.0 Å². The van der Waals surface area contributed by atoms with E-state index < -0.39 is 5.60 Å². The number of allylic oxidation sites excluding steroid dienone is 7. The highest BCUT2D eigenvalue weighted by Crippen LogP contribution is 2.43. The monoisotopic (exact) mass is 524 g/mol. The van der Waals surface area contributed by atoms with Gasteiger partial charge in [-0.1, -0.05) is 50.3 Å². The number of hydrogen-bond acceptors (Lipinski definition) is 3. The molecule has 0 N–H and O–H groups in total. The van der Waals surface area contributed by atoms with Crippen molar-refractivity contribution in [2.75, 3.05) is 19.6 Å². The zero-order chi connectivity index (χ0) is 28.5. The third-order valence-electron chi connectivity index (χ3n) is 6.90. The van der Waals surface area contributed by atoms with Gasteiger partial charge in [-0.05, 0) is 108 Å². The molecular formula is C33H49FN2O2. The molecule has 0 spiro atoms. The predicted octanol–water partition coefficient (Wildman–Crippen LogP) is 8.47. The number of piperazine rings is 1. The Hall–Kier alpha value is -2.82. The molecule has 1 aliphatic heterocycles. The van der Waals surface area contributed by atoms with Crippen molar-refractivity contribution in [2.24, 2.45) is 5.92 Å². The van der Waals surface area contributed by atoms with Crippen LogP contribution in [-0.2, 0) is 11.2 Å². The average molecular weight is 525 g/mol. The summed E-state index contributed by atoms with van der Waals surface area (Å²) >= 11 is 0. The van der Waals surface area contributed by atoms with Crippen molar-refractivity contribution >= 4 is 6.09 Å². The van der Waals surface area contributed by atoms with Gasteiger partial charge in [0.2, 0.25) is 0 Å². The number of ether oxygens (including phenoxy) is 1. The minimum atomic E-state index is -0.464. The Morgan fingerprint density at radius 3 is 2.39 bits per heavy atom. The second-order valence-electron chi connectivity index (χ2n) is 11.4. The predicted molar refractivity (Wildman–Crippen MR) is 158 cm³/mol. The summed E-state index contributed by atoms with van der Waals surface area (Å²) in [5.74, 6) is 0.551. The molecule has 0 aromatic heterocycles. The smallest absolute Gasteiger partial charge is 0.410 e. The molecule has 1 atom stereocenters. The van der Waals surface area contributed by atoms with Gasteiger partial charge in [-0.2, -0.15) is 0 Å². The molecule has 1 aliphatic carbocycles. The minimum absolute atomic E-state index is 0.110. The van der Waals surface area contributed by atoms with E-state index in [2.05, 4.69) is 58.2 Å². The van der Waals surface area contributed by atoms with Gasteiger partial charge >= 0.3 is 6.09 Å². The second kappa shape index (κ2) is 14.4. The maximum atomic E-state index is 12.5. The van der Waals surface area contributed by atoms with Gasteiger partial charge in [-0.3, -0.25) is 0 Å². The molecule has 1 amide bonds. The fourth-order valence-electron chi connectivity index (χ4n) is 4.95. The fourth-order valence-corrected chi connectivity index (χ4v) is 4.95. The molecular weight excluding hydrogens is 475 g/mol. The van der Waals surface area contributed by atoms with Gasteiger partial charge in [0.15, 0.2) is 0 Å². The number of rotatable bonds is 7. The largest absolute Gasteiger partial charge is 0.444 e. The lowest BCUT2D eigenvalue weighted by molar-refractivity contribution is 0.00492. The molecule has 1 aromatic carbocycles. The number of benzene rings is 1. The number of carbonyl (C=O) groups excluding carboxylic acids is 1. The molecule has 1 saturated heterocycles. The first-order valence-corrected chi connectivity index (χ1v) is 14.1.